The van der Waals surface area contributed by atoms with E-state index in [1.165, 1.54) is 0 Å². The first kappa shape index (κ1) is 20.4. The van der Waals surface area contributed by atoms with Gasteiger partial charge in [0.1, 0.15) is 0 Å². The molecule has 5 nitrogen and oxygen atoms in total. The van der Waals surface area contributed by atoms with Crippen LogP contribution in [0.2, 0.25) is 0 Å². The zero-order valence-electron chi connectivity index (χ0n) is 11.7. The number of rotatable bonds is 6. The van der Waals surface area contributed by atoms with Gasteiger partial charge in [-0.05, 0) is 24.3 Å². The van der Waals surface area contributed by atoms with Crippen LogP contribution in [0.25, 0.3) is 0 Å². The maximum atomic E-state index is 12.1. The van der Waals surface area contributed by atoms with Crippen LogP contribution in [0.15, 0.2) is 51.3 Å². The highest BCUT2D eigenvalue weighted by Crippen LogP contribution is 2.15. The van der Waals surface area contributed by atoms with Gasteiger partial charge in [-0.15, -0.1) is 30.6 Å². The number of nitrogens with one attached hydrogen (secondary N) is 2. The van der Waals surface area contributed by atoms with Gasteiger partial charge in [0.2, 0.25) is 0 Å². The molecule has 0 saturated carbocycles. The lowest BCUT2D eigenvalue weighted by atomic mass is 10.4. The van der Waals surface area contributed by atoms with E-state index in [4.69, 9.17) is 0 Å². The Hall–Kier alpha value is -0.610. The van der Waals surface area contributed by atoms with Crippen molar-refractivity contribution in [1.82, 2.24) is 10.6 Å². The second kappa shape index (κ2) is 10.2. The summed E-state index contributed by atoms with van der Waals surface area (Å²) in [6, 6.07) is 6.60. The summed E-state index contributed by atoms with van der Waals surface area (Å²) in [6.07, 6.45) is 1.70. The van der Waals surface area contributed by atoms with E-state index in [0.717, 1.165) is 4.47 Å². The molecule has 0 aliphatic carbocycles. The molecule has 0 spiro atoms. The van der Waals surface area contributed by atoms with Gasteiger partial charge >= 0.3 is 0 Å². The molecule has 8 heteroatoms. The van der Waals surface area contributed by atoms with Crippen molar-refractivity contribution in [3.05, 3.63) is 41.4 Å². The van der Waals surface area contributed by atoms with Crippen molar-refractivity contribution in [3.63, 3.8) is 0 Å². The minimum Gasteiger partial charge on any atom is -0.355 e. The molecule has 0 radical (unpaired) electrons. The normalized spacial score (nSPS) is 11.4. The van der Waals surface area contributed by atoms with Crippen molar-refractivity contribution in [3.8, 4) is 0 Å². The summed E-state index contributed by atoms with van der Waals surface area (Å²) in [5.41, 5.74) is 0. The molecule has 0 aliphatic rings. The molecule has 0 fully saturated rings. The van der Waals surface area contributed by atoms with E-state index >= 15 is 0 Å². The molecule has 0 unspecified atom stereocenters. The van der Waals surface area contributed by atoms with Crippen molar-refractivity contribution in [2.24, 2.45) is 4.99 Å². The van der Waals surface area contributed by atoms with E-state index in [2.05, 4.69) is 38.1 Å². The van der Waals surface area contributed by atoms with Crippen LogP contribution in [0.4, 0.5) is 0 Å². The Labute approximate surface area is 151 Å². The Balaban J connectivity index is 0.00000400. The van der Waals surface area contributed by atoms with Gasteiger partial charge in [-0.3, -0.25) is 4.99 Å². The van der Waals surface area contributed by atoms with Crippen LogP contribution >= 0.6 is 39.9 Å². The quantitative estimate of drug-likeness (QED) is 0.279. The first-order chi connectivity index (χ1) is 9.49. The topological polar surface area (TPSA) is 70.6 Å². The highest BCUT2D eigenvalue weighted by atomic mass is 127. The lowest BCUT2D eigenvalue weighted by Crippen LogP contribution is -2.39. The summed E-state index contributed by atoms with van der Waals surface area (Å²) in [5.74, 6) is 0.555. The van der Waals surface area contributed by atoms with E-state index in [-0.39, 0.29) is 36.3 Å². The smallest absolute Gasteiger partial charge is 0.191 e. The zero-order valence-corrected chi connectivity index (χ0v) is 16.4. The number of benzene rings is 1. The molecular formula is C13H19BrIN3O2S. The maximum absolute atomic E-state index is 12.1. The summed E-state index contributed by atoms with van der Waals surface area (Å²) in [7, 11) is -1.66. The highest BCUT2D eigenvalue weighted by molar-refractivity contribution is 14.0. The molecule has 1 rings (SSSR count). The third-order valence-corrected chi connectivity index (χ3v) is 4.73. The second-order valence-corrected chi connectivity index (χ2v) is 6.97. The zero-order chi connectivity index (χ0) is 15.0. The minimum atomic E-state index is -3.29. The number of nitrogens with zero attached hydrogens (tertiary/aromatic N) is 1. The molecule has 0 aliphatic heterocycles. The van der Waals surface area contributed by atoms with Crippen LogP contribution in [0, 0.1) is 0 Å². The fourth-order valence-electron chi connectivity index (χ4n) is 1.45. The average molecular weight is 488 g/mol. The maximum Gasteiger partial charge on any atom is 0.191 e. The van der Waals surface area contributed by atoms with E-state index in [1.807, 2.05) is 0 Å². The number of sulfone groups is 1. The first-order valence-corrected chi connectivity index (χ1v) is 8.48. The molecule has 1 aromatic rings. The van der Waals surface area contributed by atoms with Crippen molar-refractivity contribution in [1.29, 1.82) is 0 Å². The van der Waals surface area contributed by atoms with E-state index in [1.54, 1.807) is 37.4 Å². The van der Waals surface area contributed by atoms with Gasteiger partial charge in [0.05, 0.1) is 10.6 Å². The second-order valence-electron chi connectivity index (χ2n) is 3.94. The Morgan fingerprint density at radius 2 is 1.95 bits per heavy atom. The fourth-order valence-corrected chi connectivity index (χ4v) is 2.87. The predicted octanol–water partition coefficient (Wildman–Crippen LogP) is 2.19. The summed E-state index contributed by atoms with van der Waals surface area (Å²) >= 11 is 3.28. The number of hydrogen-bond donors (Lipinski definition) is 2. The van der Waals surface area contributed by atoms with Crippen LogP contribution in [-0.4, -0.2) is 40.3 Å². The molecule has 1 aromatic carbocycles. The Morgan fingerprint density at radius 3 is 2.48 bits per heavy atom. The number of aliphatic imine (C=N–C) groups is 1. The molecular weight excluding hydrogens is 469 g/mol. The summed E-state index contributed by atoms with van der Waals surface area (Å²) in [6.45, 7) is 4.44. The third-order valence-electron chi connectivity index (χ3n) is 2.47. The van der Waals surface area contributed by atoms with Crippen LogP contribution in [0.5, 0.6) is 0 Å². The van der Waals surface area contributed by atoms with Crippen LogP contribution in [-0.2, 0) is 9.84 Å². The Morgan fingerprint density at radius 1 is 1.33 bits per heavy atom. The molecule has 0 atom stereocenters. The largest absolute Gasteiger partial charge is 0.355 e. The lowest BCUT2D eigenvalue weighted by Gasteiger charge is -2.10. The van der Waals surface area contributed by atoms with Gasteiger partial charge in [0.15, 0.2) is 15.8 Å². The van der Waals surface area contributed by atoms with E-state index in [9.17, 15) is 8.42 Å². The summed E-state index contributed by atoms with van der Waals surface area (Å²) < 4.78 is 25.0. The average Bonchev–Trinajstić information content (AvgIpc) is 2.43. The van der Waals surface area contributed by atoms with Crippen molar-refractivity contribution < 1.29 is 8.42 Å². The van der Waals surface area contributed by atoms with Crippen LogP contribution in [0.3, 0.4) is 0 Å². The number of guanidine groups is 1. The van der Waals surface area contributed by atoms with Crippen molar-refractivity contribution >= 4 is 55.7 Å². The molecule has 21 heavy (non-hydrogen) atoms. The molecule has 0 amide bonds. The number of halogens is 2. The van der Waals surface area contributed by atoms with Crippen molar-refractivity contribution in [2.75, 3.05) is 25.9 Å². The van der Waals surface area contributed by atoms with Crippen LogP contribution < -0.4 is 10.6 Å². The first-order valence-electron chi connectivity index (χ1n) is 6.03. The minimum absolute atomic E-state index is 0. The summed E-state index contributed by atoms with van der Waals surface area (Å²) in [5, 5.41) is 5.92. The Kier molecular flexibility index (Phi) is 9.88. The predicted molar refractivity (Wildman–Crippen MR) is 101 cm³/mol. The van der Waals surface area contributed by atoms with Crippen LogP contribution in [0.1, 0.15) is 0 Å². The number of hydrogen-bond acceptors (Lipinski definition) is 3. The standard InChI is InChI=1S/C13H18BrN3O2S.HI/c1-3-8-16-13(15-2)17-9-10-20(18,19)12-6-4-11(14)5-7-12;/h3-7H,1,8-10H2,2H3,(H2,15,16,17);1H. The fraction of sp³-hybridized carbons (Fsp3) is 0.308. The molecule has 2 N–H and O–H groups in total. The molecule has 0 saturated heterocycles. The third kappa shape index (κ3) is 7.28. The van der Waals surface area contributed by atoms with Gasteiger partial charge in [-0.2, -0.15) is 0 Å². The van der Waals surface area contributed by atoms with Gasteiger partial charge in [-0.1, -0.05) is 22.0 Å². The molecule has 118 valence electrons. The van der Waals surface area contributed by atoms with Gasteiger partial charge < -0.3 is 10.6 Å². The lowest BCUT2D eigenvalue weighted by molar-refractivity contribution is 0.594. The van der Waals surface area contributed by atoms with Crippen molar-refractivity contribution in [2.45, 2.75) is 4.90 Å². The molecule has 0 heterocycles. The van der Waals surface area contributed by atoms with E-state index in [0.29, 0.717) is 17.4 Å². The van der Waals surface area contributed by atoms with E-state index < -0.39 is 9.84 Å². The SMILES string of the molecule is C=CCNC(=NC)NCCS(=O)(=O)c1ccc(Br)cc1.I. The molecule has 0 bridgehead atoms. The Bertz CT molecular complexity index is 574. The summed E-state index contributed by atoms with van der Waals surface area (Å²) in [4.78, 5) is 4.29. The highest BCUT2D eigenvalue weighted by Gasteiger charge is 2.13. The monoisotopic (exact) mass is 487 g/mol. The molecule has 0 aromatic heterocycles. The van der Waals surface area contributed by atoms with Gasteiger partial charge in [-0.25, -0.2) is 8.42 Å². The van der Waals surface area contributed by atoms with Gasteiger partial charge in [0, 0.05) is 24.6 Å². The van der Waals surface area contributed by atoms with Gasteiger partial charge in [0.25, 0.3) is 0 Å².